The van der Waals surface area contributed by atoms with Crippen LogP contribution in [-0.2, 0) is 0 Å². The molecule has 0 fully saturated rings. The summed E-state index contributed by atoms with van der Waals surface area (Å²) < 4.78 is 0. The van der Waals surface area contributed by atoms with Crippen molar-refractivity contribution in [1.82, 2.24) is 15.4 Å². The Hall–Kier alpha value is -2.38. The number of hydrogen-bond donors (Lipinski definition) is 1. The van der Waals surface area contributed by atoms with Crippen LogP contribution in [0, 0.1) is 9.81 Å². The summed E-state index contributed by atoms with van der Waals surface area (Å²) in [7, 11) is 1.39. The topological polar surface area (TPSA) is 104 Å². The second-order valence-electron chi connectivity index (χ2n) is 3.60. The molecule has 1 unspecified atom stereocenters. The third-order valence-corrected chi connectivity index (χ3v) is 2.41. The molecule has 0 spiro atoms. The number of carbonyl (C=O) groups is 1. The number of rotatable bonds is 8. The molecule has 0 aliphatic carbocycles. The summed E-state index contributed by atoms with van der Waals surface area (Å²) in [6, 6.07) is 3.31. The summed E-state index contributed by atoms with van der Waals surface area (Å²) in [5.74, 6) is -0.125. The first-order valence-electron chi connectivity index (χ1n) is 5.26. The molecule has 0 aliphatic rings. The SMILES string of the molecule is CN(N=O)C(CCC(=O)c1cccnc1)NN=O. The third kappa shape index (κ3) is 3.89. The Kier molecular flexibility index (Phi) is 5.36. The zero-order chi connectivity index (χ0) is 13.4. The molecule has 1 atom stereocenters. The van der Waals surface area contributed by atoms with Gasteiger partial charge >= 0.3 is 0 Å². The van der Waals surface area contributed by atoms with E-state index in [0.717, 1.165) is 5.01 Å². The molecule has 0 radical (unpaired) electrons. The molecule has 1 heterocycles. The lowest BCUT2D eigenvalue weighted by atomic mass is 10.1. The fraction of sp³-hybridized carbons (Fsp3) is 0.400. The Morgan fingerprint density at radius 1 is 1.56 bits per heavy atom. The van der Waals surface area contributed by atoms with Gasteiger partial charge in [0.05, 0.1) is 10.6 Å². The Morgan fingerprint density at radius 2 is 2.33 bits per heavy atom. The van der Waals surface area contributed by atoms with Crippen molar-refractivity contribution in [2.45, 2.75) is 19.0 Å². The second-order valence-corrected chi connectivity index (χ2v) is 3.60. The summed E-state index contributed by atoms with van der Waals surface area (Å²) in [5.41, 5.74) is 2.66. The maximum atomic E-state index is 11.8. The zero-order valence-electron chi connectivity index (χ0n) is 9.81. The van der Waals surface area contributed by atoms with Gasteiger partial charge in [-0.05, 0) is 18.6 Å². The van der Waals surface area contributed by atoms with Crippen LogP contribution in [0.25, 0.3) is 0 Å². The minimum atomic E-state index is -0.694. The Balaban J connectivity index is 2.54. The van der Waals surface area contributed by atoms with E-state index in [1.807, 2.05) is 0 Å². The summed E-state index contributed by atoms with van der Waals surface area (Å²) in [6.07, 6.45) is 2.73. The van der Waals surface area contributed by atoms with Crippen LogP contribution < -0.4 is 5.43 Å². The van der Waals surface area contributed by atoms with Gasteiger partial charge in [-0.1, -0.05) is 0 Å². The molecule has 1 aromatic rings. The predicted octanol–water partition coefficient (Wildman–Crippen LogP) is 1.25. The summed E-state index contributed by atoms with van der Waals surface area (Å²) in [5, 5.41) is 6.15. The minimum absolute atomic E-state index is 0.125. The molecule has 1 rings (SSSR count). The van der Waals surface area contributed by atoms with Crippen molar-refractivity contribution in [3.8, 4) is 0 Å². The van der Waals surface area contributed by atoms with Gasteiger partial charge in [0.25, 0.3) is 0 Å². The van der Waals surface area contributed by atoms with Crippen molar-refractivity contribution in [3.63, 3.8) is 0 Å². The Bertz CT molecular complexity index is 411. The smallest absolute Gasteiger partial charge is 0.164 e. The first-order chi connectivity index (χ1) is 8.69. The van der Waals surface area contributed by atoms with Gasteiger partial charge in [0.15, 0.2) is 5.78 Å². The zero-order valence-corrected chi connectivity index (χ0v) is 9.81. The summed E-state index contributed by atoms with van der Waals surface area (Å²) in [6.45, 7) is 0. The van der Waals surface area contributed by atoms with Crippen LogP contribution in [0.5, 0.6) is 0 Å². The highest BCUT2D eigenvalue weighted by molar-refractivity contribution is 5.95. The van der Waals surface area contributed by atoms with Gasteiger partial charge in [-0.25, -0.2) is 10.4 Å². The fourth-order valence-electron chi connectivity index (χ4n) is 1.39. The van der Waals surface area contributed by atoms with E-state index >= 15 is 0 Å². The molecule has 0 aromatic carbocycles. The molecule has 8 heteroatoms. The van der Waals surface area contributed by atoms with Gasteiger partial charge in [0.1, 0.15) is 6.17 Å². The lowest BCUT2D eigenvalue weighted by Crippen LogP contribution is -2.37. The van der Waals surface area contributed by atoms with E-state index in [-0.39, 0.29) is 18.6 Å². The number of pyridine rings is 1. The van der Waals surface area contributed by atoms with E-state index in [1.165, 1.54) is 13.2 Å². The van der Waals surface area contributed by atoms with Crippen molar-refractivity contribution in [1.29, 1.82) is 0 Å². The molecule has 0 aliphatic heterocycles. The van der Waals surface area contributed by atoms with E-state index in [0.29, 0.717) is 5.56 Å². The van der Waals surface area contributed by atoms with E-state index < -0.39 is 6.17 Å². The number of nitrogens with zero attached hydrogens (tertiary/aromatic N) is 4. The number of carbonyl (C=O) groups excluding carboxylic acids is 1. The number of nitrogens with one attached hydrogen (secondary N) is 1. The molecule has 18 heavy (non-hydrogen) atoms. The van der Waals surface area contributed by atoms with Gasteiger partial charge in [-0.3, -0.25) is 9.78 Å². The minimum Gasteiger partial charge on any atom is -0.294 e. The van der Waals surface area contributed by atoms with E-state index in [9.17, 15) is 14.6 Å². The lowest BCUT2D eigenvalue weighted by Gasteiger charge is -2.20. The molecule has 0 amide bonds. The average molecular weight is 251 g/mol. The summed E-state index contributed by atoms with van der Waals surface area (Å²) in [4.78, 5) is 36.1. The molecule has 96 valence electrons. The summed E-state index contributed by atoms with van der Waals surface area (Å²) >= 11 is 0. The van der Waals surface area contributed by atoms with Crippen molar-refractivity contribution in [2.24, 2.45) is 10.6 Å². The van der Waals surface area contributed by atoms with Crippen LogP contribution >= 0.6 is 0 Å². The number of nitroso groups, excluding NO2 is 2. The van der Waals surface area contributed by atoms with E-state index in [2.05, 4.69) is 21.0 Å². The second kappa shape index (κ2) is 7.05. The number of ketones is 1. The molecule has 0 bridgehead atoms. The fourth-order valence-corrected chi connectivity index (χ4v) is 1.39. The van der Waals surface area contributed by atoms with Crippen LogP contribution in [0.4, 0.5) is 0 Å². The first kappa shape index (κ1) is 13.7. The van der Waals surface area contributed by atoms with E-state index in [4.69, 9.17) is 0 Å². The number of aromatic nitrogens is 1. The number of Topliss-reactive ketones (excluding diaryl/α,β-unsaturated/α-hetero) is 1. The van der Waals surface area contributed by atoms with E-state index in [1.54, 1.807) is 18.3 Å². The normalized spacial score (nSPS) is 11.4. The Morgan fingerprint density at radius 3 is 2.89 bits per heavy atom. The Labute approximate surface area is 103 Å². The third-order valence-electron chi connectivity index (χ3n) is 2.41. The standard InChI is InChI=1S/C10H13N5O3/c1-15(14-18)10(12-13-17)5-4-9(16)8-3-2-6-11-7-8/h2-3,6-7,10H,4-5H2,1H3,(H,12,17). The van der Waals surface area contributed by atoms with Gasteiger partial charge in [-0.2, -0.15) is 0 Å². The lowest BCUT2D eigenvalue weighted by molar-refractivity contribution is 0.0957. The number of hydrogen-bond acceptors (Lipinski definition) is 6. The van der Waals surface area contributed by atoms with Gasteiger partial charge in [-0.15, -0.1) is 9.81 Å². The highest BCUT2D eigenvalue weighted by Gasteiger charge is 2.16. The molecule has 1 N–H and O–H groups in total. The predicted molar refractivity (Wildman–Crippen MR) is 64.1 cm³/mol. The first-order valence-corrected chi connectivity index (χ1v) is 5.26. The van der Waals surface area contributed by atoms with Crippen LogP contribution in [0.15, 0.2) is 35.1 Å². The van der Waals surface area contributed by atoms with Crippen molar-refractivity contribution >= 4 is 5.78 Å². The van der Waals surface area contributed by atoms with Crippen LogP contribution in [0.3, 0.4) is 0 Å². The van der Waals surface area contributed by atoms with Gasteiger partial charge in [0.2, 0.25) is 0 Å². The van der Waals surface area contributed by atoms with Gasteiger partial charge < -0.3 is 0 Å². The molecular formula is C10H13N5O3. The molecule has 0 saturated heterocycles. The maximum absolute atomic E-state index is 11.8. The van der Waals surface area contributed by atoms with Crippen molar-refractivity contribution in [2.75, 3.05) is 7.05 Å². The van der Waals surface area contributed by atoms with Crippen molar-refractivity contribution < 1.29 is 4.79 Å². The molecule has 0 saturated carbocycles. The van der Waals surface area contributed by atoms with Gasteiger partial charge in [0, 0.05) is 31.4 Å². The molecule has 8 nitrogen and oxygen atoms in total. The quantitative estimate of drug-likeness (QED) is 0.323. The largest absolute Gasteiger partial charge is 0.294 e. The van der Waals surface area contributed by atoms with Crippen LogP contribution in [-0.4, -0.2) is 29.0 Å². The van der Waals surface area contributed by atoms with Crippen molar-refractivity contribution in [3.05, 3.63) is 39.9 Å². The molecule has 1 aromatic heterocycles. The average Bonchev–Trinajstić information content (AvgIpc) is 2.43. The van der Waals surface area contributed by atoms with Crippen LogP contribution in [0.2, 0.25) is 0 Å². The monoisotopic (exact) mass is 251 g/mol. The maximum Gasteiger partial charge on any atom is 0.164 e. The highest BCUT2D eigenvalue weighted by Crippen LogP contribution is 2.08. The highest BCUT2D eigenvalue weighted by atomic mass is 16.3. The van der Waals surface area contributed by atoms with Crippen LogP contribution in [0.1, 0.15) is 23.2 Å². The molecular weight excluding hydrogens is 238 g/mol.